The van der Waals surface area contributed by atoms with E-state index in [0.717, 1.165) is 11.5 Å². The standard InChI is InChI=1S/C10H6F2N4O3S/c1-4-13-10(20-15-4)14-9(17)7-5(11)2-3-6(8(7)12)16(18)19/h2-3H,1H3,(H,13,14,15,17). The molecule has 20 heavy (non-hydrogen) atoms. The molecule has 104 valence electrons. The molecule has 0 aliphatic rings. The van der Waals surface area contributed by atoms with Crippen molar-refractivity contribution >= 4 is 28.3 Å². The summed E-state index contributed by atoms with van der Waals surface area (Å²) in [5.74, 6) is -3.52. The molecule has 1 aromatic heterocycles. The average molecular weight is 300 g/mol. The Morgan fingerprint density at radius 3 is 2.70 bits per heavy atom. The van der Waals surface area contributed by atoms with Gasteiger partial charge in [0.25, 0.3) is 5.91 Å². The van der Waals surface area contributed by atoms with Crippen molar-refractivity contribution in [3.05, 3.63) is 45.3 Å². The molecule has 1 amide bonds. The van der Waals surface area contributed by atoms with Crippen LogP contribution in [0.4, 0.5) is 19.6 Å². The third-order valence-corrected chi connectivity index (χ3v) is 2.96. The van der Waals surface area contributed by atoms with Crippen molar-refractivity contribution in [3.63, 3.8) is 0 Å². The molecule has 1 aromatic carbocycles. The van der Waals surface area contributed by atoms with Gasteiger partial charge in [-0.05, 0) is 13.0 Å². The molecule has 0 saturated heterocycles. The molecule has 0 radical (unpaired) electrons. The molecule has 2 aromatic rings. The molecule has 0 aliphatic heterocycles. The van der Waals surface area contributed by atoms with Crippen LogP contribution >= 0.6 is 11.5 Å². The van der Waals surface area contributed by atoms with Gasteiger partial charge < -0.3 is 0 Å². The number of amides is 1. The zero-order chi connectivity index (χ0) is 14.9. The van der Waals surface area contributed by atoms with Crippen LogP contribution in [0.2, 0.25) is 0 Å². The second kappa shape index (κ2) is 5.25. The molecule has 10 heteroatoms. The van der Waals surface area contributed by atoms with Gasteiger partial charge in [-0.1, -0.05) is 0 Å². The highest BCUT2D eigenvalue weighted by Gasteiger charge is 2.26. The summed E-state index contributed by atoms with van der Waals surface area (Å²) < 4.78 is 31.0. The van der Waals surface area contributed by atoms with Gasteiger partial charge in [0.15, 0.2) is 0 Å². The molecule has 1 heterocycles. The molecule has 0 saturated carbocycles. The first-order valence-corrected chi connectivity index (χ1v) is 5.91. The number of anilines is 1. The molecule has 0 spiro atoms. The molecular weight excluding hydrogens is 294 g/mol. The topological polar surface area (TPSA) is 98.0 Å². The number of halogens is 2. The third kappa shape index (κ3) is 2.59. The highest BCUT2D eigenvalue weighted by molar-refractivity contribution is 7.09. The van der Waals surface area contributed by atoms with Gasteiger partial charge in [0.2, 0.25) is 10.9 Å². The zero-order valence-electron chi connectivity index (χ0n) is 9.89. The van der Waals surface area contributed by atoms with Crippen LogP contribution in [0.3, 0.4) is 0 Å². The first-order valence-electron chi connectivity index (χ1n) is 5.14. The normalized spacial score (nSPS) is 10.3. The SMILES string of the molecule is Cc1nsc(NC(=O)c2c(F)ccc([N+](=O)[O-])c2F)n1. The Morgan fingerprint density at radius 2 is 2.15 bits per heavy atom. The maximum atomic E-state index is 13.8. The van der Waals surface area contributed by atoms with E-state index in [2.05, 4.69) is 14.7 Å². The molecule has 0 unspecified atom stereocenters. The zero-order valence-corrected chi connectivity index (χ0v) is 10.7. The minimum atomic E-state index is -1.53. The molecule has 1 N–H and O–H groups in total. The summed E-state index contributed by atoms with van der Waals surface area (Å²) in [6.45, 7) is 1.57. The van der Waals surface area contributed by atoms with Crippen molar-refractivity contribution < 1.29 is 18.5 Å². The number of nitro groups is 1. The number of carbonyl (C=O) groups is 1. The largest absolute Gasteiger partial charge is 0.305 e. The van der Waals surface area contributed by atoms with Crippen LogP contribution in [0.15, 0.2) is 12.1 Å². The van der Waals surface area contributed by atoms with Crippen LogP contribution in [0, 0.1) is 28.7 Å². The van der Waals surface area contributed by atoms with E-state index in [9.17, 15) is 23.7 Å². The Balaban J connectivity index is 2.38. The van der Waals surface area contributed by atoms with E-state index in [1.165, 1.54) is 0 Å². The predicted octanol–water partition coefficient (Wildman–Crippen LogP) is 2.29. The van der Waals surface area contributed by atoms with Crippen molar-refractivity contribution in [1.82, 2.24) is 9.36 Å². The van der Waals surface area contributed by atoms with Crippen molar-refractivity contribution in [2.45, 2.75) is 6.92 Å². The first-order chi connectivity index (χ1) is 9.40. The number of nitrogens with zero attached hydrogens (tertiary/aromatic N) is 3. The molecule has 0 atom stereocenters. The average Bonchev–Trinajstić information content (AvgIpc) is 2.74. The lowest BCUT2D eigenvalue weighted by Crippen LogP contribution is -2.16. The lowest BCUT2D eigenvalue weighted by molar-refractivity contribution is -0.387. The monoisotopic (exact) mass is 300 g/mol. The van der Waals surface area contributed by atoms with Gasteiger partial charge in [0.05, 0.1) is 4.92 Å². The van der Waals surface area contributed by atoms with E-state index in [-0.39, 0.29) is 5.13 Å². The highest BCUT2D eigenvalue weighted by Crippen LogP contribution is 2.24. The number of carbonyl (C=O) groups excluding carboxylic acids is 1. The van der Waals surface area contributed by atoms with Crippen LogP contribution < -0.4 is 5.32 Å². The number of aromatic nitrogens is 2. The van der Waals surface area contributed by atoms with Crippen LogP contribution in [-0.4, -0.2) is 20.2 Å². The fraction of sp³-hybridized carbons (Fsp3) is 0.100. The van der Waals surface area contributed by atoms with Crippen molar-refractivity contribution in [2.75, 3.05) is 5.32 Å². The van der Waals surface area contributed by atoms with E-state index in [1.807, 2.05) is 0 Å². The minimum absolute atomic E-state index is 0.0396. The van der Waals surface area contributed by atoms with Gasteiger partial charge in [-0.25, -0.2) is 9.37 Å². The summed E-state index contributed by atoms with van der Waals surface area (Å²) in [6.07, 6.45) is 0. The maximum absolute atomic E-state index is 13.8. The molecule has 0 bridgehead atoms. The second-order valence-corrected chi connectivity index (χ2v) is 4.37. The molecular formula is C10H6F2N4O3S. The first kappa shape index (κ1) is 13.9. The summed E-state index contributed by atoms with van der Waals surface area (Å²) in [5, 5.41) is 12.7. The Hall–Kier alpha value is -2.49. The van der Waals surface area contributed by atoms with Crippen LogP contribution in [0.5, 0.6) is 0 Å². The lowest BCUT2D eigenvalue weighted by Gasteiger charge is -2.04. The van der Waals surface area contributed by atoms with Crippen LogP contribution in [-0.2, 0) is 0 Å². The van der Waals surface area contributed by atoms with E-state index in [0.29, 0.717) is 18.0 Å². The summed E-state index contributed by atoms with van der Waals surface area (Å²) in [7, 11) is 0. The van der Waals surface area contributed by atoms with Crippen molar-refractivity contribution in [3.8, 4) is 0 Å². The quantitative estimate of drug-likeness (QED) is 0.692. The predicted molar refractivity (Wildman–Crippen MR) is 65.6 cm³/mol. The number of benzene rings is 1. The Labute approximate surface area is 114 Å². The van der Waals surface area contributed by atoms with Crippen molar-refractivity contribution in [2.24, 2.45) is 0 Å². The van der Waals surface area contributed by atoms with Gasteiger partial charge in [0.1, 0.15) is 17.2 Å². The summed E-state index contributed by atoms with van der Waals surface area (Å²) in [5.41, 5.74) is -2.02. The fourth-order valence-electron chi connectivity index (χ4n) is 1.40. The van der Waals surface area contributed by atoms with E-state index >= 15 is 0 Å². The Bertz CT molecular complexity index is 704. The fourth-order valence-corrected chi connectivity index (χ4v) is 1.97. The number of rotatable bonds is 3. The minimum Gasteiger partial charge on any atom is -0.296 e. The van der Waals surface area contributed by atoms with E-state index < -0.39 is 33.7 Å². The Morgan fingerprint density at radius 1 is 1.45 bits per heavy atom. The van der Waals surface area contributed by atoms with E-state index in [4.69, 9.17) is 0 Å². The second-order valence-electron chi connectivity index (χ2n) is 3.61. The number of nitro benzene ring substituents is 1. The molecule has 0 fully saturated rings. The smallest absolute Gasteiger partial charge is 0.296 e. The molecule has 2 rings (SSSR count). The maximum Gasteiger partial charge on any atom is 0.305 e. The van der Waals surface area contributed by atoms with Gasteiger partial charge in [0, 0.05) is 17.6 Å². The number of hydrogen-bond donors (Lipinski definition) is 1. The van der Waals surface area contributed by atoms with Gasteiger partial charge in [-0.15, -0.1) is 0 Å². The highest BCUT2D eigenvalue weighted by atomic mass is 32.1. The van der Waals surface area contributed by atoms with E-state index in [1.54, 1.807) is 6.92 Å². The van der Waals surface area contributed by atoms with Gasteiger partial charge in [-0.3, -0.25) is 20.2 Å². The number of hydrogen-bond acceptors (Lipinski definition) is 6. The molecule has 7 nitrogen and oxygen atoms in total. The Kier molecular flexibility index (Phi) is 3.66. The number of aryl methyl sites for hydroxylation is 1. The van der Waals surface area contributed by atoms with Crippen LogP contribution in [0.25, 0.3) is 0 Å². The third-order valence-electron chi connectivity index (χ3n) is 2.24. The summed E-state index contributed by atoms with van der Waals surface area (Å²) in [6, 6.07) is 1.30. The summed E-state index contributed by atoms with van der Waals surface area (Å²) >= 11 is 0.823. The molecule has 0 aliphatic carbocycles. The number of nitrogens with one attached hydrogen (secondary N) is 1. The summed E-state index contributed by atoms with van der Waals surface area (Å²) in [4.78, 5) is 25.1. The lowest BCUT2D eigenvalue weighted by atomic mass is 10.1. The van der Waals surface area contributed by atoms with Gasteiger partial charge >= 0.3 is 5.69 Å². The van der Waals surface area contributed by atoms with Crippen LogP contribution in [0.1, 0.15) is 16.2 Å². The van der Waals surface area contributed by atoms with Gasteiger partial charge in [-0.2, -0.15) is 8.76 Å². The van der Waals surface area contributed by atoms with Crippen molar-refractivity contribution in [1.29, 1.82) is 0 Å².